The fraction of sp³-hybridized carbons (Fsp3) is 0.600. The zero-order chi connectivity index (χ0) is 17.6. The normalized spacial score (nSPS) is 10.4. The Labute approximate surface area is 145 Å². The second-order valence-corrected chi connectivity index (χ2v) is 5.94. The van der Waals surface area contributed by atoms with Crippen LogP contribution in [0, 0.1) is 0 Å². The number of carbonyl (C=O) groups excluding carboxylic acids is 2. The minimum Gasteiger partial charge on any atom is -0.462 e. The smallest absolute Gasteiger partial charge is 0.339 e. The van der Waals surface area contributed by atoms with Gasteiger partial charge in [-0.2, -0.15) is 0 Å². The van der Waals surface area contributed by atoms with Crippen molar-refractivity contribution in [2.75, 3.05) is 13.2 Å². The Morgan fingerprint density at radius 2 is 1.12 bits per heavy atom. The summed E-state index contributed by atoms with van der Waals surface area (Å²) >= 11 is 0. The summed E-state index contributed by atoms with van der Waals surface area (Å²) < 4.78 is 10.6. The molecular formula is C20H30O4. The Morgan fingerprint density at radius 1 is 0.708 bits per heavy atom. The molecule has 0 radical (unpaired) electrons. The zero-order valence-corrected chi connectivity index (χ0v) is 15.0. The Hall–Kier alpha value is -1.84. The van der Waals surface area contributed by atoms with Crippen LogP contribution < -0.4 is 0 Å². The van der Waals surface area contributed by atoms with Gasteiger partial charge in [0.25, 0.3) is 0 Å². The summed E-state index contributed by atoms with van der Waals surface area (Å²) in [7, 11) is 0. The molecule has 0 N–H and O–H groups in total. The van der Waals surface area contributed by atoms with Crippen molar-refractivity contribution in [2.45, 2.75) is 65.2 Å². The molecule has 0 amide bonds. The number of ether oxygens (including phenoxy) is 2. The fourth-order valence-corrected chi connectivity index (χ4v) is 2.38. The third-order valence-corrected chi connectivity index (χ3v) is 3.83. The molecule has 0 atom stereocenters. The van der Waals surface area contributed by atoms with E-state index in [0.29, 0.717) is 13.2 Å². The average molecular weight is 338 g/mol. The number of unbranched alkanes of at least 4 members (excludes halogenated alkanes) is 6. The van der Waals surface area contributed by atoms with Crippen LogP contribution in [0.2, 0.25) is 0 Å². The van der Waals surface area contributed by atoms with Crippen molar-refractivity contribution in [3.05, 3.63) is 35.4 Å². The van der Waals surface area contributed by atoms with Gasteiger partial charge in [0.1, 0.15) is 0 Å². The average Bonchev–Trinajstić information content (AvgIpc) is 2.61. The lowest BCUT2D eigenvalue weighted by Crippen LogP contribution is -2.15. The first-order chi connectivity index (χ1) is 11.7. The van der Waals surface area contributed by atoms with Crippen molar-refractivity contribution in [1.82, 2.24) is 0 Å². The van der Waals surface area contributed by atoms with Gasteiger partial charge >= 0.3 is 11.9 Å². The first-order valence-electron chi connectivity index (χ1n) is 9.14. The molecule has 4 heteroatoms. The molecule has 0 saturated heterocycles. The second-order valence-electron chi connectivity index (χ2n) is 5.94. The number of hydrogen-bond donors (Lipinski definition) is 0. The highest BCUT2D eigenvalue weighted by Crippen LogP contribution is 2.13. The molecule has 0 spiro atoms. The summed E-state index contributed by atoms with van der Waals surface area (Å²) in [6.45, 7) is 5.05. The molecule has 0 aliphatic rings. The Morgan fingerprint density at radius 3 is 1.50 bits per heavy atom. The van der Waals surface area contributed by atoms with Crippen molar-refractivity contribution >= 4 is 11.9 Å². The monoisotopic (exact) mass is 338 g/mol. The highest BCUT2D eigenvalue weighted by Gasteiger charge is 2.18. The van der Waals surface area contributed by atoms with E-state index in [1.54, 1.807) is 24.3 Å². The summed E-state index contributed by atoms with van der Waals surface area (Å²) in [6, 6.07) is 6.68. The molecule has 1 aromatic carbocycles. The largest absolute Gasteiger partial charge is 0.462 e. The van der Waals surface area contributed by atoms with Gasteiger partial charge in [-0.05, 0) is 25.0 Å². The first kappa shape index (κ1) is 20.2. The van der Waals surface area contributed by atoms with Gasteiger partial charge in [0, 0.05) is 0 Å². The van der Waals surface area contributed by atoms with Crippen LogP contribution in [0.15, 0.2) is 24.3 Å². The van der Waals surface area contributed by atoms with Crippen LogP contribution in [0.4, 0.5) is 0 Å². The molecular weight excluding hydrogens is 308 g/mol. The number of carbonyl (C=O) groups is 2. The number of esters is 2. The molecule has 0 fully saturated rings. The predicted octanol–water partition coefficient (Wildman–Crippen LogP) is 5.16. The molecule has 0 heterocycles. The van der Waals surface area contributed by atoms with Crippen LogP contribution in [-0.4, -0.2) is 25.2 Å². The first-order valence-corrected chi connectivity index (χ1v) is 9.14. The van der Waals surface area contributed by atoms with Crippen molar-refractivity contribution in [3.63, 3.8) is 0 Å². The van der Waals surface area contributed by atoms with Gasteiger partial charge in [-0.1, -0.05) is 64.5 Å². The molecule has 0 unspecified atom stereocenters. The predicted molar refractivity (Wildman–Crippen MR) is 95.3 cm³/mol. The van der Waals surface area contributed by atoms with Gasteiger partial charge in [-0.15, -0.1) is 0 Å². The molecule has 4 nitrogen and oxygen atoms in total. The van der Waals surface area contributed by atoms with Gasteiger partial charge in [-0.3, -0.25) is 0 Å². The van der Waals surface area contributed by atoms with Gasteiger partial charge in [0.2, 0.25) is 0 Å². The van der Waals surface area contributed by atoms with Crippen molar-refractivity contribution in [1.29, 1.82) is 0 Å². The Kier molecular flexibility index (Phi) is 10.6. The van der Waals surface area contributed by atoms with E-state index in [1.165, 1.54) is 0 Å². The molecule has 0 aliphatic carbocycles. The van der Waals surface area contributed by atoms with Crippen molar-refractivity contribution in [2.24, 2.45) is 0 Å². The van der Waals surface area contributed by atoms with Gasteiger partial charge in [0.15, 0.2) is 0 Å². The molecule has 0 aromatic heterocycles. The lowest BCUT2D eigenvalue weighted by atomic mass is 10.2. The summed E-state index contributed by atoms with van der Waals surface area (Å²) in [5.41, 5.74) is 0.568. The van der Waals surface area contributed by atoms with E-state index in [1.807, 2.05) is 0 Å². The second kappa shape index (κ2) is 12.6. The van der Waals surface area contributed by atoms with Crippen LogP contribution in [0.3, 0.4) is 0 Å². The topological polar surface area (TPSA) is 52.6 Å². The highest BCUT2D eigenvalue weighted by atomic mass is 16.6. The third kappa shape index (κ3) is 7.62. The summed E-state index contributed by atoms with van der Waals surface area (Å²) in [5, 5.41) is 0. The van der Waals surface area contributed by atoms with E-state index >= 15 is 0 Å². The number of benzene rings is 1. The van der Waals surface area contributed by atoms with Crippen molar-refractivity contribution in [3.8, 4) is 0 Å². The van der Waals surface area contributed by atoms with E-state index in [4.69, 9.17) is 9.47 Å². The maximum Gasteiger partial charge on any atom is 0.339 e. The van der Waals surface area contributed by atoms with Crippen LogP contribution in [0.1, 0.15) is 85.9 Å². The quantitative estimate of drug-likeness (QED) is 0.300. The van der Waals surface area contributed by atoms with Gasteiger partial charge < -0.3 is 9.47 Å². The number of rotatable bonds is 12. The fourth-order valence-electron chi connectivity index (χ4n) is 2.38. The van der Waals surface area contributed by atoms with Crippen LogP contribution >= 0.6 is 0 Å². The van der Waals surface area contributed by atoms with E-state index in [9.17, 15) is 9.59 Å². The number of hydrogen-bond acceptors (Lipinski definition) is 4. The SMILES string of the molecule is CCCCCCO[13C](=O)[13c]1cccc[13c]1[13C](=O)OCCCCCC. The lowest BCUT2D eigenvalue weighted by molar-refractivity contribution is 0.0450. The van der Waals surface area contributed by atoms with Gasteiger partial charge in [-0.25, -0.2) is 9.59 Å². The molecule has 1 aromatic rings. The van der Waals surface area contributed by atoms with Crippen molar-refractivity contribution < 1.29 is 19.1 Å². The Bertz CT molecular complexity index is 451. The van der Waals surface area contributed by atoms with E-state index in [0.717, 1.165) is 51.4 Å². The molecule has 0 aliphatic heterocycles. The van der Waals surface area contributed by atoms with E-state index in [-0.39, 0.29) is 11.1 Å². The molecule has 134 valence electrons. The van der Waals surface area contributed by atoms with Crippen LogP contribution in [-0.2, 0) is 9.47 Å². The van der Waals surface area contributed by atoms with Gasteiger partial charge in [0.05, 0.1) is 24.3 Å². The molecule has 0 saturated carbocycles. The highest BCUT2D eigenvalue weighted by molar-refractivity contribution is 6.03. The third-order valence-electron chi connectivity index (χ3n) is 3.83. The van der Waals surface area contributed by atoms with E-state index in [2.05, 4.69) is 13.8 Å². The Balaban J connectivity index is 2.50. The molecule has 1 rings (SSSR count). The summed E-state index contributed by atoms with van der Waals surface area (Å²) in [4.78, 5) is 24.4. The molecule has 24 heavy (non-hydrogen) atoms. The standard InChI is InChI=1S/C20H30O4/c1-3-5-7-11-15-23-19(21)17-13-9-10-14-18(17)20(22)24-16-12-8-6-4-2/h9-10,13-14H,3-8,11-12,15-16H2,1-2H3/i17+1,18+1,19+1,20+1. The van der Waals surface area contributed by atoms with Crippen LogP contribution in [0.5, 0.6) is 0 Å². The maximum atomic E-state index is 12.2. The summed E-state index contributed by atoms with van der Waals surface area (Å²) in [5.74, 6) is -0.907. The van der Waals surface area contributed by atoms with Crippen LogP contribution in [0.25, 0.3) is 0 Å². The lowest BCUT2D eigenvalue weighted by Gasteiger charge is -2.10. The minimum absolute atomic E-state index is 0.284. The zero-order valence-electron chi connectivity index (χ0n) is 15.0. The van der Waals surface area contributed by atoms with E-state index < -0.39 is 11.9 Å². The maximum absolute atomic E-state index is 12.2. The molecule has 0 bridgehead atoms. The minimum atomic E-state index is -0.454. The summed E-state index contributed by atoms with van der Waals surface area (Å²) in [6.07, 6.45) is 8.35.